The molecule has 2 atom stereocenters. The van der Waals surface area contributed by atoms with Crippen LogP contribution in [0.3, 0.4) is 0 Å². The van der Waals surface area contributed by atoms with Crippen molar-refractivity contribution in [2.24, 2.45) is 0 Å². The minimum atomic E-state index is -1.05. The molecule has 19 heavy (non-hydrogen) atoms. The summed E-state index contributed by atoms with van der Waals surface area (Å²) in [6.07, 6.45) is 1.87. The maximum absolute atomic E-state index is 12.0. The molecule has 0 aliphatic rings. The molecule has 2 unspecified atom stereocenters. The third kappa shape index (κ3) is 4.24. The summed E-state index contributed by atoms with van der Waals surface area (Å²) in [7, 11) is 1.68. The molecule has 0 bridgehead atoms. The molecule has 1 aromatic rings. The lowest BCUT2D eigenvalue weighted by Gasteiger charge is -2.26. The van der Waals surface area contributed by atoms with Crippen molar-refractivity contribution in [1.29, 1.82) is 0 Å². The molecule has 0 aliphatic carbocycles. The summed E-state index contributed by atoms with van der Waals surface area (Å²) in [6, 6.07) is 2.22. The van der Waals surface area contributed by atoms with Crippen molar-refractivity contribution in [1.82, 2.24) is 10.2 Å². The van der Waals surface area contributed by atoms with E-state index in [1.54, 1.807) is 29.5 Å². The summed E-state index contributed by atoms with van der Waals surface area (Å²) in [5.74, 6) is -1.05. The zero-order chi connectivity index (χ0) is 14.4. The van der Waals surface area contributed by atoms with E-state index in [1.807, 2.05) is 13.8 Å². The maximum Gasteiger partial charge on any atom is 0.331 e. The SMILES string of the molecule is CCCC(C)N(C)C(=O)NC(C(=O)O)c1cccs1. The Morgan fingerprint density at radius 2 is 2.21 bits per heavy atom. The second-order valence-corrected chi connectivity index (χ2v) is 5.46. The largest absolute Gasteiger partial charge is 0.479 e. The number of hydrogen-bond acceptors (Lipinski definition) is 3. The molecule has 0 saturated carbocycles. The number of hydrogen-bond donors (Lipinski definition) is 2. The Balaban J connectivity index is 2.70. The van der Waals surface area contributed by atoms with E-state index >= 15 is 0 Å². The molecule has 0 fully saturated rings. The Hall–Kier alpha value is -1.56. The summed E-state index contributed by atoms with van der Waals surface area (Å²) in [5, 5.41) is 13.5. The van der Waals surface area contributed by atoms with Gasteiger partial charge in [-0.25, -0.2) is 9.59 Å². The number of thiophene rings is 1. The van der Waals surface area contributed by atoms with Crippen LogP contribution in [-0.4, -0.2) is 35.1 Å². The molecule has 0 spiro atoms. The van der Waals surface area contributed by atoms with Crippen LogP contribution in [0.25, 0.3) is 0 Å². The van der Waals surface area contributed by atoms with Gasteiger partial charge in [-0.15, -0.1) is 11.3 Å². The number of nitrogens with zero attached hydrogens (tertiary/aromatic N) is 1. The van der Waals surface area contributed by atoms with E-state index in [4.69, 9.17) is 0 Å². The highest BCUT2D eigenvalue weighted by atomic mass is 32.1. The van der Waals surface area contributed by atoms with Crippen molar-refractivity contribution in [2.75, 3.05) is 7.05 Å². The number of urea groups is 1. The van der Waals surface area contributed by atoms with Crippen LogP contribution < -0.4 is 5.32 Å². The van der Waals surface area contributed by atoms with Gasteiger partial charge in [0.1, 0.15) is 0 Å². The molecule has 5 nitrogen and oxygen atoms in total. The summed E-state index contributed by atoms with van der Waals surface area (Å²) in [6.45, 7) is 4.00. The standard InChI is InChI=1S/C13H20N2O3S/c1-4-6-9(2)15(3)13(18)14-11(12(16)17)10-7-5-8-19-10/h5,7-9,11H,4,6H2,1-3H3,(H,14,18)(H,16,17). The van der Waals surface area contributed by atoms with Crippen LogP contribution in [0, 0.1) is 0 Å². The zero-order valence-corrected chi connectivity index (χ0v) is 12.2. The molecule has 2 N–H and O–H groups in total. The van der Waals surface area contributed by atoms with E-state index in [0.717, 1.165) is 12.8 Å². The molecule has 1 aromatic heterocycles. The number of carbonyl (C=O) groups is 2. The van der Waals surface area contributed by atoms with Crippen molar-refractivity contribution in [2.45, 2.75) is 38.8 Å². The van der Waals surface area contributed by atoms with Gasteiger partial charge < -0.3 is 15.3 Å². The Bertz CT molecular complexity index is 420. The third-order valence-electron chi connectivity index (χ3n) is 3.03. The van der Waals surface area contributed by atoms with Crippen LogP contribution in [0.2, 0.25) is 0 Å². The fourth-order valence-electron chi connectivity index (χ4n) is 1.75. The van der Waals surface area contributed by atoms with Gasteiger partial charge in [-0.2, -0.15) is 0 Å². The van der Waals surface area contributed by atoms with Gasteiger partial charge in [0.2, 0.25) is 0 Å². The lowest BCUT2D eigenvalue weighted by atomic mass is 10.2. The van der Waals surface area contributed by atoms with Crippen LogP contribution in [0.4, 0.5) is 4.79 Å². The van der Waals surface area contributed by atoms with Crippen LogP contribution >= 0.6 is 11.3 Å². The van der Waals surface area contributed by atoms with Crippen LogP contribution in [0.1, 0.15) is 37.6 Å². The smallest absolute Gasteiger partial charge is 0.331 e. The van der Waals surface area contributed by atoms with Gasteiger partial charge in [0.15, 0.2) is 6.04 Å². The van der Waals surface area contributed by atoms with Crippen LogP contribution in [0.5, 0.6) is 0 Å². The normalized spacial score (nSPS) is 13.6. The Morgan fingerprint density at radius 1 is 1.53 bits per heavy atom. The van der Waals surface area contributed by atoms with Crippen molar-refractivity contribution < 1.29 is 14.7 Å². The first-order valence-corrected chi connectivity index (χ1v) is 7.14. The molecule has 6 heteroatoms. The van der Waals surface area contributed by atoms with Gasteiger partial charge in [-0.05, 0) is 24.8 Å². The van der Waals surface area contributed by atoms with E-state index in [0.29, 0.717) is 4.88 Å². The molecule has 106 valence electrons. The average Bonchev–Trinajstić information content (AvgIpc) is 2.88. The maximum atomic E-state index is 12.0. The molecule has 1 heterocycles. The second-order valence-electron chi connectivity index (χ2n) is 4.48. The highest BCUT2D eigenvalue weighted by Gasteiger charge is 2.25. The number of carboxylic acids is 1. The Morgan fingerprint density at radius 3 is 2.68 bits per heavy atom. The highest BCUT2D eigenvalue weighted by molar-refractivity contribution is 7.10. The fraction of sp³-hybridized carbons (Fsp3) is 0.538. The molecule has 0 aliphatic heterocycles. The topological polar surface area (TPSA) is 69.6 Å². The van der Waals surface area contributed by atoms with E-state index < -0.39 is 12.0 Å². The minimum absolute atomic E-state index is 0.0859. The summed E-state index contributed by atoms with van der Waals surface area (Å²) in [5.41, 5.74) is 0. The quantitative estimate of drug-likeness (QED) is 0.844. The van der Waals surface area contributed by atoms with Gasteiger partial charge in [0.05, 0.1) is 0 Å². The molecular weight excluding hydrogens is 264 g/mol. The Labute approximate surface area is 117 Å². The van der Waals surface area contributed by atoms with E-state index in [1.165, 1.54) is 11.3 Å². The predicted octanol–water partition coefficient (Wildman–Crippen LogP) is 2.70. The highest BCUT2D eigenvalue weighted by Crippen LogP contribution is 2.19. The van der Waals surface area contributed by atoms with E-state index in [-0.39, 0.29) is 12.1 Å². The van der Waals surface area contributed by atoms with Gasteiger partial charge in [0, 0.05) is 18.0 Å². The second kappa shape index (κ2) is 7.13. The van der Waals surface area contributed by atoms with Crippen LogP contribution in [-0.2, 0) is 4.79 Å². The molecular formula is C13H20N2O3S. The van der Waals surface area contributed by atoms with Gasteiger partial charge in [0.25, 0.3) is 0 Å². The molecule has 2 amide bonds. The number of rotatable bonds is 6. The van der Waals surface area contributed by atoms with Crippen molar-refractivity contribution in [3.8, 4) is 0 Å². The molecule has 0 radical (unpaired) electrons. The van der Waals surface area contributed by atoms with Crippen molar-refractivity contribution >= 4 is 23.3 Å². The van der Waals surface area contributed by atoms with Crippen molar-refractivity contribution in [3.63, 3.8) is 0 Å². The number of amides is 2. The average molecular weight is 284 g/mol. The number of nitrogens with one attached hydrogen (secondary N) is 1. The first kappa shape index (κ1) is 15.5. The molecule has 0 aromatic carbocycles. The van der Waals surface area contributed by atoms with E-state index in [2.05, 4.69) is 5.32 Å². The summed E-state index contributed by atoms with van der Waals surface area (Å²) in [4.78, 5) is 25.4. The lowest BCUT2D eigenvalue weighted by Crippen LogP contribution is -2.45. The minimum Gasteiger partial charge on any atom is -0.479 e. The van der Waals surface area contributed by atoms with Crippen molar-refractivity contribution in [3.05, 3.63) is 22.4 Å². The lowest BCUT2D eigenvalue weighted by molar-refractivity contribution is -0.139. The Kier molecular flexibility index (Phi) is 5.82. The zero-order valence-electron chi connectivity index (χ0n) is 11.4. The van der Waals surface area contributed by atoms with E-state index in [9.17, 15) is 14.7 Å². The fourth-order valence-corrected chi connectivity index (χ4v) is 2.51. The first-order chi connectivity index (χ1) is 8.97. The number of carbonyl (C=O) groups excluding carboxylic acids is 1. The third-order valence-corrected chi connectivity index (χ3v) is 3.97. The monoisotopic (exact) mass is 284 g/mol. The predicted molar refractivity (Wildman–Crippen MR) is 75.4 cm³/mol. The van der Waals surface area contributed by atoms with Gasteiger partial charge >= 0.3 is 12.0 Å². The van der Waals surface area contributed by atoms with Gasteiger partial charge in [-0.3, -0.25) is 0 Å². The number of carboxylic acid groups (broad SMARTS) is 1. The van der Waals surface area contributed by atoms with Gasteiger partial charge in [-0.1, -0.05) is 19.4 Å². The summed E-state index contributed by atoms with van der Waals surface area (Å²) >= 11 is 1.32. The summed E-state index contributed by atoms with van der Waals surface area (Å²) < 4.78 is 0. The molecule has 1 rings (SSSR count). The first-order valence-electron chi connectivity index (χ1n) is 6.26. The van der Waals surface area contributed by atoms with Crippen LogP contribution in [0.15, 0.2) is 17.5 Å². The number of aliphatic carboxylic acids is 1. The molecule has 0 saturated heterocycles.